The Morgan fingerprint density at radius 2 is 1.42 bits per heavy atom. The third kappa shape index (κ3) is 13.9. The number of aryl methyl sites for hydroxylation is 1. The molecule has 0 bridgehead atoms. The zero-order valence-corrected chi connectivity index (χ0v) is 30.4. The predicted octanol–water partition coefficient (Wildman–Crippen LogP) is 3.48. The number of nitrogens with one attached hydrogen (secondary N) is 2. The number of carbonyl (C=O) groups is 8. The molecular formula is C37H43N3O12S. The summed E-state index contributed by atoms with van der Waals surface area (Å²) >= 11 is 1.48. The first-order chi connectivity index (χ1) is 25.0. The highest BCUT2D eigenvalue weighted by Crippen LogP contribution is 2.24. The number of rotatable bonds is 22. The Morgan fingerprint density at radius 1 is 0.755 bits per heavy atom. The lowest BCUT2D eigenvalue weighted by Gasteiger charge is -2.26. The van der Waals surface area contributed by atoms with Gasteiger partial charge in [-0.1, -0.05) is 50.2 Å². The maximum Gasteiger partial charge on any atom is 0.306 e. The summed E-state index contributed by atoms with van der Waals surface area (Å²) in [6, 6.07) is 10.9. The molecule has 0 aliphatic rings. The number of aliphatic carboxylic acids is 3. The van der Waals surface area contributed by atoms with Crippen LogP contribution >= 0.6 is 11.3 Å². The van der Waals surface area contributed by atoms with Crippen LogP contribution in [0.4, 0.5) is 0 Å². The number of ketones is 2. The van der Waals surface area contributed by atoms with Crippen LogP contribution in [-0.2, 0) is 56.1 Å². The Hall–Kier alpha value is -5.51. The van der Waals surface area contributed by atoms with Gasteiger partial charge in [-0.15, -0.1) is 11.3 Å². The van der Waals surface area contributed by atoms with Crippen molar-refractivity contribution in [3.05, 3.63) is 64.7 Å². The fourth-order valence-electron chi connectivity index (χ4n) is 5.55. The van der Waals surface area contributed by atoms with E-state index in [1.807, 2.05) is 6.92 Å². The first-order valence-electron chi connectivity index (χ1n) is 16.9. The van der Waals surface area contributed by atoms with Crippen LogP contribution in [0.5, 0.6) is 0 Å². The van der Waals surface area contributed by atoms with Gasteiger partial charge in [0.2, 0.25) is 11.8 Å². The summed E-state index contributed by atoms with van der Waals surface area (Å²) in [4.78, 5) is 105. The van der Waals surface area contributed by atoms with Crippen LogP contribution in [0.15, 0.2) is 48.5 Å². The number of carboxylic acid groups (broad SMARTS) is 3. The molecule has 4 atom stereocenters. The summed E-state index contributed by atoms with van der Waals surface area (Å²) in [5.74, 6) is -11.2. The van der Waals surface area contributed by atoms with E-state index in [0.29, 0.717) is 16.6 Å². The van der Waals surface area contributed by atoms with Crippen molar-refractivity contribution in [2.45, 2.75) is 84.4 Å². The molecule has 0 saturated carbocycles. The van der Waals surface area contributed by atoms with E-state index in [1.165, 1.54) is 11.3 Å². The molecule has 1 aromatic heterocycles. The second kappa shape index (κ2) is 19.9. The van der Waals surface area contributed by atoms with Gasteiger partial charge in [-0.05, 0) is 42.5 Å². The second-order valence-corrected chi connectivity index (χ2v) is 14.2. The van der Waals surface area contributed by atoms with Crippen molar-refractivity contribution < 1.29 is 58.4 Å². The number of nitrogens with zero attached hydrogens (tertiary/aromatic N) is 1. The number of Topliss-reactive ketones (excluding diaryl/α,β-unsaturated/α-hetero) is 2. The molecule has 0 aliphatic carbocycles. The van der Waals surface area contributed by atoms with Crippen LogP contribution < -0.4 is 10.6 Å². The Balaban J connectivity index is 1.73. The van der Waals surface area contributed by atoms with Crippen molar-refractivity contribution in [3.63, 3.8) is 0 Å². The number of thiazole rings is 1. The van der Waals surface area contributed by atoms with Gasteiger partial charge in [0.15, 0.2) is 11.6 Å². The van der Waals surface area contributed by atoms with Crippen molar-refractivity contribution in [2.75, 3.05) is 0 Å². The van der Waals surface area contributed by atoms with Gasteiger partial charge >= 0.3 is 23.9 Å². The monoisotopic (exact) mass is 753 g/mol. The lowest BCUT2D eigenvalue weighted by molar-refractivity contribution is -0.150. The quantitative estimate of drug-likeness (QED) is 0.0924. The topological polar surface area (TPSA) is 243 Å². The van der Waals surface area contributed by atoms with Gasteiger partial charge in [0, 0.05) is 25.2 Å². The van der Waals surface area contributed by atoms with E-state index >= 15 is 0 Å². The number of hydrogen-bond donors (Lipinski definition) is 5. The highest BCUT2D eigenvalue weighted by atomic mass is 32.1. The van der Waals surface area contributed by atoms with E-state index in [-0.39, 0.29) is 13.0 Å². The molecule has 0 saturated heterocycles. The summed E-state index contributed by atoms with van der Waals surface area (Å²) in [6.07, 6.45) is -3.87. The molecule has 3 aromatic rings. The lowest BCUT2D eigenvalue weighted by Crippen LogP contribution is -2.49. The standard InChI is InChI=1S/C37H43N3O12S/c1-20(2)25(37(51)40-27(18-34(47)48)29(41)14-23-9-11-31-28(13-23)38-21(3)53-31)17-30(42)26(10-12-32(43)44)39-36(50)24(15-33(45)46)16-35(49)52-19-22-7-5-4-6-8-22/h4-9,11,13,20,24-27H,10,12,14-19H2,1-3H3,(H,39,50)(H,40,51)(H,43,44)(H,45,46)(H,47,48). The second-order valence-electron chi connectivity index (χ2n) is 13.0. The number of benzene rings is 2. The Morgan fingerprint density at radius 3 is 2.04 bits per heavy atom. The molecule has 3 rings (SSSR count). The Labute approximate surface area is 309 Å². The van der Waals surface area contributed by atoms with Crippen molar-refractivity contribution in [1.82, 2.24) is 15.6 Å². The van der Waals surface area contributed by atoms with Crippen molar-refractivity contribution in [2.24, 2.45) is 17.8 Å². The van der Waals surface area contributed by atoms with E-state index in [2.05, 4.69) is 15.6 Å². The molecule has 4 unspecified atom stereocenters. The molecule has 2 amide bonds. The van der Waals surface area contributed by atoms with Crippen molar-refractivity contribution in [3.8, 4) is 0 Å². The maximum atomic E-state index is 13.6. The lowest BCUT2D eigenvalue weighted by atomic mass is 9.86. The smallest absolute Gasteiger partial charge is 0.306 e. The number of fused-ring (bicyclic) bond motifs is 1. The largest absolute Gasteiger partial charge is 0.481 e. The van der Waals surface area contributed by atoms with E-state index in [4.69, 9.17) is 4.74 Å². The molecule has 284 valence electrons. The van der Waals surface area contributed by atoms with Gasteiger partial charge < -0.3 is 30.7 Å². The van der Waals surface area contributed by atoms with Crippen LogP contribution in [0, 0.1) is 24.7 Å². The number of hydrogen-bond acceptors (Lipinski definition) is 11. The first kappa shape index (κ1) is 41.9. The summed E-state index contributed by atoms with van der Waals surface area (Å²) in [6.45, 7) is 4.95. The summed E-state index contributed by atoms with van der Waals surface area (Å²) < 4.78 is 6.10. The fraction of sp³-hybridized carbons (Fsp3) is 0.432. The van der Waals surface area contributed by atoms with Gasteiger partial charge in [0.1, 0.15) is 6.61 Å². The predicted molar refractivity (Wildman–Crippen MR) is 191 cm³/mol. The normalized spacial score (nSPS) is 13.4. The molecule has 5 N–H and O–H groups in total. The minimum absolute atomic E-state index is 0.125. The molecule has 1 heterocycles. The maximum absolute atomic E-state index is 13.6. The van der Waals surface area contributed by atoms with E-state index in [0.717, 1.165) is 9.71 Å². The fourth-order valence-corrected chi connectivity index (χ4v) is 6.36. The van der Waals surface area contributed by atoms with Crippen LogP contribution in [0.1, 0.15) is 68.5 Å². The van der Waals surface area contributed by atoms with Gasteiger partial charge in [-0.3, -0.25) is 38.4 Å². The van der Waals surface area contributed by atoms with Crippen LogP contribution in [-0.4, -0.2) is 79.6 Å². The number of ether oxygens (including phenoxy) is 1. The van der Waals surface area contributed by atoms with Gasteiger partial charge in [0.25, 0.3) is 0 Å². The molecular weight excluding hydrogens is 710 g/mol. The first-order valence-corrected chi connectivity index (χ1v) is 17.7. The number of amides is 2. The SMILES string of the molecule is Cc1nc2cc(CC(=O)C(CC(=O)O)NC(=O)C(CC(=O)C(CCC(=O)O)NC(=O)C(CC(=O)O)CC(=O)OCc3ccccc3)C(C)C)ccc2s1. The molecule has 0 spiro atoms. The minimum Gasteiger partial charge on any atom is -0.481 e. The van der Waals surface area contributed by atoms with E-state index < -0.39 is 116 Å². The molecule has 0 fully saturated rings. The van der Waals surface area contributed by atoms with Crippen LogP contribution in [0.2, 0.25) is 0 Å². The summed E-state index contributed by atoms with van der Waals surface area (Å²) in [5, 5.41) is 33.9. The van der Waals surface area contributed by atoms with E-state index in [1.54, 1.807) is 62.4 Å². The number of aromatic nitrogens is 1. The molecule has 2 aromatic carbocycles. The van der Waals surface area contributed by atoms with Gasteiger partial charge in [0.05, 0.1) is 52.5 Å². The number of esters is 1. The van der Waals surface area contributed by atoms with Crippen LogP contribution in [0.3, 0.4) is 0 Å². The molecule has 15 nitrogen and oxygen atoms in total. The molecule has 53 heavy (non-hydrogen) atoms. The Bertz CT molecular complexity index is 1820. The third-order valence-corrected chi connectivity index (χ3v) is 9.34. The van der Waals surface area contributed by atoms with Crippen molar-refractivity contribution >= 4 is 68.8 Å². The molecule has 0 aliphatic heterocycles. The van der Waals surface area contributed by atoms with Crippen LogP contribution in [0.25, 0.3) is 10.2 Å². The van der Waals surface area contributed by atoms with E-state index in [9.17, 15) is 53.7 Å². The van der Waals surface area contributed by atoms with Gasteiger partial charge in [-0.25, -0.2) is 4.98 Å². The van der Waals surface area contributed by atoms with Crippen molar-refractivity contribution in [1.29, 1.82) is 0 Å². The summed E-state index contributed by atoms with van der Waals surface area (Å²) in [7, 11) is 0. The average molecular weight is 754 g/mol. The summed E-state index contributed by atoms with van der Waals surface area (Å²) in [5.41, 5.74) is 1.90. The molecule has 0 radical (unpaired) electrons. The average Bonchev–Trinajstić information content (AvgIpc) is 3.46. The minimum atomic E-state index is -1.48. The third-order valence-electron chi connectivity index (χ3n) is 8.38. The Kier molecular flexibility index (Phi) is 15.8. The molecule has 16 heteroatoms. The number of carboxylic acids is 3. The zero-order chi connectivity index (χ0) is 39.2. The zero-order valence-electron chi connectivity index (χ0n) is 29.5. The highest BCUT2D eigenvalue weighted by molar-refractivity contribution is 7.18. The highest BCUT2D eigenvalue weighted by Gasteiger charge is 2.34. The van der Waals surface area contributed by atoms with Gasteiger partial charge in [-0.2, -0.15) is 0 Å². The number of carbonyl (C=O) groups excluding carboxylic acids is 5.